The molecule has 4 nitrogen and oxygen atoms in total. The third-order valence-corrected chi connectivity index (χ3v) is 6.63. The average molecular weight is 401 g/mol. The minimum absolute atomic E-state index is 0.415. The molecule has 0 radical (unpaired) electrons. The maximum atomic E-state index is 4.99. The van der Waals surface area contributed by atoms with Gasteiger partial charge in [0.2, 0.25) is 0 Å². The van der Waals surface area contributed by atoms with Gasteiger partial charge in [0, 0.05) is 52.4 Å². The summed E-state index contributed by atoms with van der Waals surface area (Å²) in [6.45, 7) is 7.31. The molecule has 146 valence electrons. The van der Waals surface area contributed by atoms with Crippen LogP contribution in [0.15, 0.2) is 66.3 Å². The first kappa shape index (κ1) is 18.1. The summed E-state index contributed by atoms with van der Waals surface area (Å²) in [7, 11) is 0. The number of hydrogen-bond donors (Lipinski definition) is 0. The number of nitrogens with zero attached hydrogens (tertiary/aromatic N) is 4. The molecule has 4 aromatic rings. The topological polar surface area (TPSA) is 32.3 Å². The van der Waals surface area contributed by atoms with E-state index in [0.29, 0.717) is 6.04 Å². The molecule has 1 atom stereocenters. The molecule has 5 heteroatoms. The fourth-order valence-electron chi connectivity index (χ4n) is 4.17. The number of aromatic nitrogens is 2. The summed E-state index contributed by atoms with van der Waals surface area (Å²) < 4.78 is 1.29. The second-order valence-corrected chi connectivity index (χ2v) is 8.65. The Morgan fingerprint density at radius 3 is 2.79 bits per heavy atom. The zero-order chi connectivity index (χ0) is 19.8. The maximum absolute atomic E-state index is 4.99. The van der Waals surface area contributed by atoms with E-state index in [1.54, 1.807) is 11.3 Å². The fourth-order valence-corrected chi connectivity index (χ4v) is 5.12. The molecule has 0 bridgehead atoms. The van der Waals surface area contributed by atoms with Crippen molar-refractivity contribution in [3.05, 3.63) is 71.9 Å². The molecule has 29 heavy (non-hydrogen) atoms. The zero-order valence-corrected chi connectivity index (χ0v) is 17.6. The SMILES string of the molecule is Cc1cccc(N2CCN(c3cncc(-c4csc5ccccc45)n3)CC2C)c1. The van der Waals surface area contributed by atoms with E-state index in [-0.39, 0.29) is 0 Å². The van der Waals surface area contributed by atoms with Crippen LogP contribution in [0.1, 0.15) is 12.5 Å². The molecule has 1 fully saturated rings. The molecule has 5 rings (SSSR count). The van der Waals surface area contributed by atoms with Crippen molar-refractivity contribution < 1.29 is 0 Å². The van der Waals surface area contributed by atoms with Crippen molar-refractivity contribution >= 4 is 32.9 Å². The summed E-state index contributed by atoms with van der Waals surface area (Å²) >= 11 is 1.76. The fraction of sp³-hybridized carbons (Fsp3) is 0.250. The Hall–Kier alpha value is -2.92. The standard InChI is InChI=1S/C24H24N4S/c1-17-6-5-7-19(12-17)28-11-10-27(15-18(28)2)24-14-25-13-22(26-24)21-16-29-23-9-4-3-8-20(21)23/h3-9,12-14,16,18H,10-11,15H2,1-2H3. The van der Waals surface area contributed by atoms with Crippen molar-refractivity contribution in [2.45, 2.75) is 19.9 Å². The number of aryl methyl sites for hydroxylation is 1. The molecular weight excluding hydrogens is 376 g/mol. The summed E-state index contributed by atoms with van der Waals surface area (Å²) in [5, 5.41) is 3.44. The van der Waals surface area contributed by atoms with Crippen LogP contribution in [0, 0.1) is 6.92 Å². The average Bonchev–Trinajstić information content (AvgIpc) is 3.18. The molecule has 0 spiro atoms. The van der Waals surface area contributed by atoms with Crippen LogP contribution >= 0.6 is 11.3 Å². The van der Waals surface area contributed by atoms with Gasteiger partial charge in [-0.2, -0.15) is 0 Å². The first-order valence-corrected chi connectivity index (χ1v) is 10.9. The van der Waals surface area contributed by atoms with Crippen LogP contribution < -0.4 is 9.80 Å². The van der Waals surface area contributed by atoms with Gasteiger partial charge in [-0.15, -0.1) is 11.3 Å². The molecule has 0 saturated carbocycles. The molecule has 1 saturated heterocycles. The highest BCUT2D eigenvalue weighted by atomic mass is 32.1. The van der Waals surface area contributed by atoms with Crippen molar-refractivity contribution in [3.8, 4) is 11.3 Å². The first-order valence-electron chi connectivity index (χ1n) is 10.1. The number of piperazine rings is 1. The highest BCUT2D eigenvalue weighted by Gasteiger charge is 2.25. The zero-order valence-electron chi connectivity index (χ0n) is 16.7. The highest BCUT2D eigenvalue weighted by Crippen LogP contribution is 2.33. The molecule has 1 aliphatic heterocycles. The van der Waals surface area contributed by atoms with Crippen LogP contribution in [0.3, 0.4) is 0 Å². The van der Waals surface area contributed by atoms with E-state index in [9.17, 15) is 0 Å². The lowest BCUT2D eigenvalue weighted by molar-refractivity contribution is 0.547. The predicted octanol–water partition coefficient (Wildman–Crippen LogP) is 5.38. The van der Waals surface area contributed by atoms with Gasteiger partial charge in [-0.3, -0.25) is 4.98 Å². The Balaban J connectivity index is 1.39. The van der Waals surface area contributed by atoms with Gasteiger partial charge in [0.25, 0.3) is 0 Å². The summed E-state index contributed by atoms with van der Waals surface area (Å²) in [5.41, 5.74) is 4.74. The minimum atomic E-state index is 0.415. The molecule has 2 aromatic carbocycles. The predicted molar refractivity (Wildman–Crippen MR) is 123 cm³/mol. The van der Waals surface area contributed by atoms with Crippen LogP contribution in [-0.2, 0) is 0 Å². The Labute approximate surface area is 175 Å². The third kappa shape index (κ3) is 3.47. The molecule has 2 aromatic heterocycles. The lowest BCUT2D eigenvalue weighted by atomic mass is 10.1. The van der Waals surface area contributed by atoms with E-state index in [0.717, 1.165) is 31.1 Å². The lowest BCUT2D eigenvalue weighted by Crippen LogP contribution is -2.52. The van der Waals surface area contributed by atoms with Crippen LogP contribution in [0.25, 0.3) is 21.3 Å². The van der Waals surface area contributed by atoms with Gasteiger partial charge in [-0.05, 0) is 37.6 Å². The van der Waals surface area contributed by atoms with E-state index in [1.165, 1.54) is 26.9 Å². The summed E-state index contributed by atoms with van der Waals surface area (Å²) in [6.07, 6.45) is 3.78. The Morgan fingerprint density at radius 1 is 1.03 bits per heavy atom. The van der Waals surface area contributed by atoms with Gasteiger partial charge in [0.05, 0.1) is 18.1 Å². The molecule has 1 aliphatic rings. The van der Waals surface area contributed by atoms with Gasteiger partial charge >= 0.3 is 0 Å². The highest BCUT2D eigenvalue weighted by molar-refractivity contribution is 7.17. The summed E-state index contributed by atoms with van der Waals surface area (Å²) in [5.74, 6) is 0.966. The van der Waals surface area contributed by atoms with Crippen LogP contribution in [-0.4, -0.2) is 35.6 Å². The van der Waals surface area contributed by atoms with E-state index in [1.807, 2.05) is 12.4 Å². The third-order valence-electron chi connectivity index (χ3n) is 5.66. The van der Waals surface area contributed by atoms with Gasteiger partial charge in [0.1, 0.15) is 5.82 Å². The van der Waals surface area contributed by atoms with Crippen molar-refractivity contribution in [1.82, 2.24) is 9.97 Å². The lowest BCUT2D eigenvalue weighted by Gasteiger charge is -2.41. The molecule has 3 heterocycles. The van der Waals surface area contributed by atoms with E-state index < -0.39 is 0 Å². The van der Waals surface area contributed by atoms with Crippen molar-refractivity contribution in [2.24, 2.45) is 0 Å². The first-order chi connectivity index (χ1) is 14.2. The maximum Gasteiger partial charge on any atom is 0.147 e. The van der Waals surface area contributed by atoms with Crippen LogP contribution in [0.5, 0.6) is 0 Å². The number of thiophene rings is 1. The van der Waals surface area contributed by atoms with E-state index in [2.05, 4.69) is 82.5 Å². The van der Waals surface area contributed by atoms with Crippen molar-refractivity contribution in [1.29, 1.82) is 0 Å². The summed E-state index contributed by atoms with van der Waals surface area (Å²) in [6, 6.07) is 17.7. The van der Waals surface area contributed by atoms with Gasteiger partial charge < -0.3 is 9.80 Å². The molecule has 0 aliphatic carbocycles. The summed E-state index contributed by atoms with van der Waals surface area (Å²) in [4.78, 5) is 14.4. The van der Waals surface area contributed by atoms with Gasteiger partial charge in [0.15, 0.2) is 0 Å². The minimum Gasteiger partial charge on any atom is -0.365 e. The van der Waals surface area contributed by atoms with Gasteiger partial charge in [-0.1, -0.05) is 30.3 Å². The van der Waals surface area contributed by atoms with Gasteiger partial charge in [-0.25, -0.2) is 4.98 Å². The smallest absolute Gasteiger partial charge is 0.147 e. The number of anilines is 2. The Kier molecular flexibility index (Phi) is 4.68. The second-order valence-electron chi connectivity index (χ2n) is 7.74. The van der Waals surface area contributed by atoms with Crippen molar-refractivity contribution in [2.75, 3.05) is 29.4 Å². The molecule has 0 N–H and O–H groups in total. The largest absolute Gasteiger partial charge is 0.365 e. The number of fused-ring (bicyclic) bond motifs is 1. The quantitative estimate of drug-likeness (QED) is 0.462. The number of hydrogen-bond acceptors (Lipinski definition) is 5. The van der Waals surface area contributed by atoms with Crippen LogP contribution in [0.2, 0.25) is 0 Å². The monoisotopic (exact) mass is 400 g/mol. The normalized spacial score (nSPS) is 17.1. The molecule has 0 amide bonds. The second kappa shape index (κ2) is 7.48. The Bertz CT molecular complexity index is 1150. The number of benzene rings is 2. The van der Waals surface area contributed by atoms with Crippen molar-refractivity contribution in [3.63, 3.8) is 0 Å². The van der Waals surface area contributed by atoms with E-state index in [4.69, 9.17) is 4.98 Å². The number of rotatable bonds is 3. The molecular formula is C24H24N4S. The Morgan fingerprint density at radius 2 is 1.93 bits per heavy atom. The van der Waals surface area contributed by atoms with E-state index >= 15 is 0 Å². The molecule has 1 unspecified atom stereocenters. The van der Waals surface area contributed by atoms with Crippen LogP contribution in [0.4, 0.5) is 11.5 Å².